The van der Waals surface area contributed by atoms with Crippen LogP contribution >= 0.6 is 0 Å². The number of carbonyl (C=O) groups is 1. The molecule has 5 nitrogen and oxygen atoms in total. The Morgan fingerprint density at radius 1 is 1.17 bits per heavy atom. The summed E-state index contributed by atoms with van der Waals surface area (Å²) in [7, 11) is 0. The average molecular weight is 248 g/mol. The average Bonchev–Trinajstić information content (AvgIpc) is 2.39. The van der Waals surface area contributed by atoms with Crippen molar-refractivity contribution in [3.8, 4) is 12.1 Å². The molecule has 0 bridgehead atoms. The van der Waals surface area contributed by atoms with Crippen molar-refractivity contribution in [3.63, 3.8) is 0 Å². The molecular weight excluding hydrogens is 228 g/mol. The van der Waals surface area contributed by atoms with Crippen LogP contribution in [0.4, 0.5) is 0 Å². The van der Waals surface area contributed by atoms with E-state index in [2.05, 4.69) is 0 Å². The third-order valence-corrected chi connectivity index (χ3v) is 3.75. The first-order valence-electron chi connectivity index (χ1n) is 6.39. The van der Waals surface area contributed by atoms with Crippen LogP contribution in [0, 0.1) is 28.1 Å². The van der Waals surface area contributed by atoms with Crippen molar-refractivity contribution >= 4 is 5.91 Å². The minimum absolute atomic E-state index is 0.0208. The summed E-state index contributed by atoms with van der Waals surface area (Å²) in [5.74, 6) is -0.120. The molecule has 1 saturated carbocycles. The highest BCUT2D eigenvalue weighted by atomic mass is 16.2. The van der Waals surface area contributed by atoms with Crippen LogP contribution in [0.15, 0.2) is 0 Å². The molecule has 0 aliphatic heterocycles. The second-order valence-corrected chi connectivity index (χ2v) is 5.01. The van der Waals surface area contributed by atoms with Crippen LogP contribution in [-0.2, 0) is 4.79 Å². The third kappa shape index (κ3) is 3.72. The Bertz CT molecular complexity index is 344. The molecule has 0 aromatic carbocycles. The molecule has 2 N–H and O–H groups in total. The number of rotatable bonds is 5. The molecular formula is C13H20N4O. The van der Waals surface area contributed by atoms with Gasteiger partial charge in [0.05, 0.1) is 12.1 Å². The van der Waals surface area contributed by atoms with Crippen LogP contribution in [0.3, 0.4) is 0 Å². The Kier molecular flexibility index (Phi) is 5.61. The van der Waals surface area contributed by atoms with Gasteiger partial charge in [0.25, 0.3) is 0 Å². The summed E-state index contributed by atoms with van der Waals surface area (Å²) in [6.45, 7) is 0.464. The number of nitrogens with zero attached hydrogens (tertiary/aromatic N) is 3. The lowest BCUT2D eigenvalue weighted by Gasteiger charge is -2.36. The topological polar surface area (TPSA) is 93.9 Å². The minimum Gasteiger partial charge on any atom is -0.330 e. The number of carbonyl (C=O) groups excluding carboxylic acids is 1. The molecule has 0 atom stereocenters. The van der Waals surface area contributed by atoms with Crippen molar-refractivity contribution in [1.82, 2.24) is 4.90 Å². The van der Waals surface area contributed by atoms with Gasteiger partial charge in [0.15, 0.2) is 0 Å². The molecule has 18 heavy (non-hydrogen) atoms. The van der Waals surface area contributed by atoms with Crippen molar-refractivity contribution < 1.29 is 4.79 Å². The molecule has 1 aliphatic rings. The highest BCUT2D eigenvalue weighted by Crippen LogP contribution is 2.38. The van der Waals surface area contributed by atoms with E-state index in [9.17, 15) is 4.79 Å². The molecule has 0 unspecified atom stereocenters. The van der Waals surface area contributed by atoms with Crippen LogP contribution in [0.2, 0.25) is 0 Å². The van der Waals surface area contributed by atoms with E-state index in [4.69, 9.17) is 16.3 Å². The molecule has 0 heterocycles. The summed E-state index contributed by atoms with van der Waals surface area (Å²) < 4.78 is 0. The van der Waals surface area contributed by atoms with E-state index in [1.165, 1.54) is 11.3 Å². The molecule has 1 fully saturated rings. The van der Waals surface area contributed by atoms with Crippen molar-refractivity contribution in [2.24, 2.45) is 11.1 Å². The van der Waals surface area contributed by atoms with E-state index in [1.807, 2.05) is 12.1 Å². The van der Waals surface area contributed by atoms with Gasteiger partial charge in [-0.05, 0) is 24.8 Å². The fourth-order valence-corrected chi connectivity index (χ4v) is 2.59. The molecule has 0 radical (unpaired) electrons. The van der Waals surface area contributed by atoms with Crippen LogP contribution in [0.25, 0.3) is 0 Å². The normalized spacial score (nSPS) is 17.5. The van der Waals surface area contributed by atoms with Gasteiger partial charge in [-0.2, -0.15) is 10.5 Å². The first kappa shape index (κ1) is 14.5. The third-order valence-electron chi connectivity index (χ3n) is 3.75. The molecule has 0 saturated heterocycles. The lowest BCUT2D eigenvalue weighted by molar-refractivity contribution is -0.133. The Balaban J connectivity index is 2.65. The summed E-state index contributed by atoms with van der Waals surface area (Å²) in [4.78, 5) is 13.4. The summed E-state index contributed by atoms with van der Waals surface area (Å²) >= 11 is 0. The Morgan fingerprint density at radius 3 is 2.17 bits per heavy atom. The predicted molar refractivity (Wildman–Crippen MR) is 67.0 cm³/mol. The number of hydrogen-bond acceptors (Lipinski definition) is 4. The molecule has 1 aliphatic carbocycles. The summed E-state index contributed by atoms with van der Waals surface area (Å²) in [6.07, 6.45) is 5.75. The van der Waals surface area contributed by atoms with Gasteiger partial charge in [0.2, 0.25) is 5.91 Å². The van der Waals surface area contributed by atoms with Crippen LogP contribution in [0.1, 0.15) is 38.5 Å². The van der Waals surface area contributed by atoms with Gasteiger partial charge in [0.1, 0.15) is 13.1 Å². The van der Waals surface area contributed by atoms with E-state index < -0.39 is 0 Å². The van der Waals surface area contributed by atoms with Crippen molar-refractivity contribution in [2.45, 2.75) is 38.5 Å². The smallest absolute Gasteiger partial charge is 0.224 e. The summed E-state index contributed by atoms with van der Waals surface area (Å²) in [6, 6.07) is 3.85. The lowest BCUT2D eigenvalue weighted by atomic mass is 9.71. The van der Waals surface area contributed by atoms with Crippen molar-refractivity contribution in [2.75, 3.05) is 19.6 Å². The molecule has 1 rings (SSSR count). The monoisotopic (exact) mass is 248 g/mol. The predicted octanol–water partition coefficient (Wildman–Crippen LogP) is 1.16. The minimum atomic E-state index is -0.120. The molecule has 98 valence electrons. The fourth-order valence-electron chi connectivity index (χ4n) is 2.59. The number of nitrogens with two attached hydrogens (primary N) is 1. The van der Waals surface area contributed by atoms with Crippen LogP contribution in [-0.4, -0.2) is 30.4 Å². The maximum atomic E-state index is 12.1. The standard InChI is InChI=1S/C13H20N4O/c14-6-8-17(9-7-15)12(18)10-13(11-16)4-2-1-3-5-13/h1-5,8-11,16H2. The zero-order valence-electron chi connectivity index (χ0n) is 10.7. The van der Waals surface area contributed by atoms with Gasteiger partial charge >= 0.3 is 0 Å². The summed E-state index contributed by atoms with van der Waals surface area (Å²) in [5, 5.41) is 17.3. The van der Waals surface area contributed by atoms with Crippen LogP contribution in [0.5, 0.6) is 0 Å². The lowest BCUT2D eigenvalue weighted by Crippen LogP contribution is -2.40. The molecule has 0 aromatic rings. The second kappa shape index (κ2) is 6.98. The van der Waals surface area contributed by atoms with E-state index in [-0.39, 0.29) is 24.4 Å². The van der Waals surface area contributed by atoms with Gasteiger partial charge in [-0.3, -0.25) is 4.79 Å². The SMILES string of the molecule is N#CCN(CC#N)C(=O)CC1(CN)CCCCC1. The number of nitriles is 2. The zero-order valence-corrected chi connectivity index (χ0v) is 10.7. The number of hydrogen-bond donors (Lipinski definition) is 1. The van der Waals surface area contributed by atoms with Gasteiger partial charge in [-0.1, -0.05) is 19.3 Å². The Morgan fingerprint density at radius 2 is 1.72 bits per heavy atom. The van der Waals surface area contributed by atoms with E-state index in [0.29, 0.717) is 13.0 Å². The van der Waals surface area contributed by atoms with Gasteiger partial charge in [-0.15, -0.1) is 0 Å². The van der Waals surface area contributed by atoms with Crippen LogP contribution < -0.4 is 5.73 Å². The van der Waals surface area contributed by atoms with Gasteiger partial charge < -0.3 is 10.6 Å². The highest BCUT2D eigenvalue weighted by Gasteiger charge is 2.34. The molecule has 1 amide bonds. The van der Waals surface area contributed by atoms with E-state index >= 15 is 0 Å². The molecule has 0 spiro atoms. The Labute approximate surface area is 108 Å². The number of amides is 1. The maximum absolute atomic E-state index is 12.1. The van der Waals surface area contributed by atoms with Gasteiger partial charge in [0, 0.05) is 6.42 Å². The van der Waals surface area contributed by atoms with Crippen molar-refractivity contribution in [3.05, 3.63) is 0 Å². The fraction of sp³-hybridized carbons (Fsp3) is 0.769. The van der Waals surface area contributed by atoms with E-state index in [0.717, 1.165) is 25.7 Å². The first-order chi connectivity index (χ1) is 8.67. The van der Waals surface area contributed by atoms with E-state index in [1.54, 1.807) is 0 Å². The second-order valence-electron chi connectivity index (χ2n) is 5.01. The quantitative estimate of drug-likeness (QED) is 0.739. The largest absolute Gasteiger partial charge is 0.330 e. The highest BCUT2D eigenvalue weighted by molar-refractivity contribution is 5.77. The Hall–Kier alpha value is -1.59. The first-order valence-corrected chi connectivity index (χ1v) is 6.39. The maximum Gasteiger partial charge on any atom is 0.224 e. The molecule has 5 heteroatoms. The van der Waals surface area contributed by atoms with Gasteiger partial charge in [-0.25, -0.2) is 0 Å². The zero-order chi connectivity index (χ0) is 13.4. The molecule has 0 aromatic heterocycles. The van der Waals surface area contributed by atoms with Crippen molar-refractivity contribution in [1.29, 1.82) is 10.5 Å². The summed E-state index contributed by atoms with van der Waals surface area (Å²) in [5.41, 5.74) is 5.72.